The molecule has 1 N–H and O–H groups in total. The quantitative estimate of drug-likeness (QED) is 0.748. The number of nitrogens with zero attached hydrogens (tertiary/aromatic N) is 1. The van der Waals surface area contributed by atoms with Gasteiger partial charge < -0.3 is 10.2 Å². The van der Waals surface area contributed by atoms with Crippen molar-refractivity contribution in [2.24, 2.45) is 11.3 Å². The van der Waals surface area contributed by atoms with Crippen LogP contribution in [0.15, 0.2) is 0 Å². The Bertz CT molecular complexity index is 251. The van der Waals surface area contributed by atoms with E-state index in [9.17, 15) is 4.79 Å². The summed E-state index contributed by atoms with van der Waals surface area (Å²) in [5, 5.41) is 3.12. The van der Waals surface area contributed by atoms with E-state index in [2.05, 4.69) is 19.2 Å². The molecule has 3 nitrogen and oxygen atoms in total. The highest BCUT2D eigenvalue weighted by Gasteiger charge is 2.38. The first kappa shape index (κ1) is 14.5. The van der Waals surface area contributed by atoms with Gasteiger partial charge in [0.15, 0.2) is 0 Å². The van der Waals surface area contributed by atoms with Gasteiger partial charge in [-0.15, -0.1) is 0 Å². The van der Waals surface area contributed by atoms with E-state index in [0.29, 0.717) is 5.91 Å². The predicted molar refractivity (Wildman–Crippen MR) is 71.9 cm³/mol. The summed E-state index contributed by atoms with van der Waals surface area (Å²) in [6.45, 7) is 6.34. The van der Waals surface area contributed by atoms with Gasteiger partial charge in [-0.3, -0.25) is 4.79 Å². The van der Waals surface area contributed by atoms with Crippen molar-refractivity contribution >= 4 is 5.91 Å². The Morgan fingerprint density at radius 3 is 2.71 bits per heavy atom. The molecule has 0 saturated heterocycles. The Kier molecular flexibility index (Phi) is 5.44. The van der Waals surface area contributed by atoms with E-state index in [1.54, 1.807) is 0 Å². The highest BCUT2D eigenvalue weighted by Crippen LogP contribution is 2.41. The molecule has 0 spiro atoms. The van der Waals surface area contributed by atoms with Crippen molar-refractivity contribution in [1.29, 1.82) is 0 Å². The van der Waals surface area contributed by atoms with Crippen molar-refractivity contribution in [3.8, 4) is 0 Å². The molecular weight excluding hydrogens is 212 g/mol. The molecule has 1 amide bonds. The smallest absolute Gasteiger partial charge is 0.225 e. The van der Waals surface area contributed by atoms with Crippen LogP contribution in [0.1, 0.15) is 46.0 Å². The average molecular weight is 240 g/mol. The van der Waals surface area contributed by atoms with Crippen LogP contribution < -0.4 is 5.32 Å². The third-order valence-corrected chi connectivity index (χ3v) is 4.10. The first-order chi connectivity index (χ1) is 7.99. The van der Waals surface area contributed by atoms with Crippen LogP contribution in [-0.4, -0.2) is 38.0 Å². The molecule has 1 rings (SSSR count). The summed E-state index contributed by atoms with van der Waals surface area (Å²) in [5.74, 6) is 0.585. The molecule has 17 heavy (non-hydrogen) atoms. The summed E-state index contributed by atoms with van der Waals surface area (Å²) in [6, 6.07) is 0. The van der Waals surface area contributed by atoms with Crippen LogP contribution in [0.2, 0.25) is 0 Å². The molecule has 0 aliphatic heterocycles. The number of carbonyl (C=O) groups is 1. The van der Waals surface area contributed by atoms with E-state index in [0.717, 1.165) is 25.9 Å². The van der Waals surface area contributed by atoms with Gasteiger partial charge in [0.25, 0.3) is 0 Å². The van der Waals surface area contributed by atoms with Crippen molar-refractivity contribution < 1.29 is 4.79 Å². The van der Waals surface area contributed by atoms with E-state index in [1.807, 2.05) is 19.0 Å². The highest BCUT2D eigenvalue weighted by molar-refractivity contribution is 5.79. The normalized spacial score (nSPS) is 23.4. The van der Waals surface area contributed by atoms with Crippen LogP contribution in [0.25, 0.3) is 0 Å². The Morgan fingerprint density at radius 2 is 2.12 bits per heavy atom. The van der Waals surface area contributed by atoms with Crippen molar-refractivity contribution in [1.82, 2.24) is 10.2 Å². The SMILES string of the molecule is CNCCCN(C)C(=O)C1CCCCC1(C)C. The molecule has 1 atom stereocenters. The van der Waals surface area contributed by atoms with Crippen LogP contribution in [0.5, 0.6) is 0 Å². The van der Waals surface area contributed by atoms with E-state index in [-0.39, 0.29) is 11.3 Å². The maximum absolute atomic E-state index is 12.4. The van der Waals surface area contributed by atoms with Crippen LogP contribution in [-0.2, 0) is 4.79 Å². The molecule has 0 aromatic heterocycles. The van der Waals surface area contributed by atoms with Gasteiger partial charge in [0.05, 0.1) is 0 Å². The zero-order valence-electron chi connectivity index (χ0n) is 11.9. The summed E-state index contributed by atoms with van der Waals surface area (Å²) < 4.78 is 0. The molecular formula is C14H28N2O. The fourth-order valence-electron chi connectivity index (χ4n) is 2.82. The van der Waals surface area contributed by atoms with Gasteiger partial charge in [0.2, 0.25) is 5.91 Å². The molecule has 1 fully saturated rings. The molecule has 3 heteroatoms. The number of carbonyl (C=O) groups excluding carboxylic acids is 1. The van der Waals surface area contributed by atoms with Crippen LogP contribution in [0.4, 0.5) is 0 Å². The summed E-state index contributed by atoms with van der Waals surface area (Å²) in [7, 11) is 3.90. The largest absolute Gasteiger partial charge is 0.345 e. The van der Waals surface area contributed by atoms with Gasteiger partial charge in [-0.1, -0.05) is 26.7 Å². The Morgan fingerprint density at radius 1 is 1.41 bits per heavy atom. The molecule has 0 radical (unpaired) electrons. The number of hydrogen-bond donors (Lipinski definition) is 1. The minimum absolute atomic E-state index is 0.187. The zero-order valence-corrected chi connectivity index (χ0v) is 11.9. The standard InChI is InChI=1S/C14H28N2O/c1-14(2)9-6-5-8-12(14)13(17)16(4)11-7-10-15-3/h12,15H,5-11H2,1-4H3. The van der Waals surface area contributed by atoms with E-state index in [1.165, 1.54) is 19.3 Å². The van der Waals surface area contributed by atoms with Crippen LogP contribution >= 0.6 is 0 Å². The minimum atomic E-state index is 0.187. The maximum atomic E-state index is 12.4. The minimum Gasteiger partial charge on any atom is -0.345 e. The van der Waals surface area contributed by atoms with Crippen molar-refractivity contribution in [2.75, 3.05) is 27.2 Å². The molecule has 0 heterocycles. The Balaban J connectivity index is 2.49. The average Bonchev–Trinajstić information content (AvgIpc) is 2.28. The lowest BCUT2D eigenvalue weighted by molar-refractivity contribution is -0.139. The lowest BCUT2D eigenvalue weighted by atomic mass is 9.68. The Labute approximate surface area is 106 Å². The molecule has 100 valence electrons. The summed E-state index contributed by atoms with van der Waals surface area (Å²) in [4.78, 5) is 14.3. The monoisotopic (exact) mass is 240 g/mol. The molecule has 1 aliphatic carbocycles. The second-order valence-corrected chi connectivity index (χ2v) is 6.00. The topological polar surface area (TPSA) is 32.3 Å². The highest BCUT2D eigenvalue weighted by atomic mass is 16.2. The summed E-state index contributed by atoms with van der Waals surface area (Å²) in [5.41, 5.74) is 0.187. The van der Waals surface area contributed by atoms with Gasteiger partial charge in [-0.05, 0) is 38.3 Å². The molecule has 1 saturated carbocycles. The Hall–Kier alpha value is -0.570. The number of amides is 1. The van der Waals surface area contributed by atoms with E-state index >= 15 is 0 Å². The lowest BCUT2D eigenvalue weighted by Gasteiger charge is -2.39. The van der Waals surface area contributed by atoms with E-state index < -0.39 is 0 Å². The molecule has 1 unspecified atom stereocenters. The number of rotatable bonds is 5. The maximum Gasteiger partial charge on any atom is 0.225 e. The third kappa shape index (κ3) is 3.98. The first-order valence-electron chi connectivity index (χ1n) is 6.88. The molecule has 0 aromatic rings. The van der Waals surface area contributed by atoms with Gasteiger partial charge in [-0.2, -0.15) is 0 Å². The fourth-order valence-corrected chi connectivity index (χ4v) is 2.82. The number of hydrogen-bond acceptors (Lipinski definition) is 2. The van der Waals surface area contributed by atoms with Gasteiger partial charge >= 0.3 is 0 Å². The van der Waals surface area contributed by atoms with Crippen molar-refractivity contribution in [3.63, 3.8) is 0 Å². The van der Waals surface area contributed by atoms with Crippen LogP contribution in [0.3, 0.4) is 0 Å². The third-order valence-electron chi connectivity index (χ3n) is 4.10. The van der Waals surface area contributed by atoms with Crippen LogP contribution in [0, 0.1) is 11.3 Å². The second-order valence-electron chi connectivity index (χ2n) is 6.00. The van der Waals surface area contributed by atoms with Crippen molar-refractivity contribution in [3.05, 3.63) is 0 Å². The van der Waals surface area contributed by atoms with Gasteiger partial charge in [0, 0.05) is 19.5 Å². The zero-order chi connectivity index (χ0) is 12.9. The lowest BCUT2D eigenvalue weighted by Crippen LogP contribution is -2.42. The van der Waals surface area contributed by atoms with E-state index in [4.69, 9.17) is 0 Å². The first-order valence-corrected chi connectivity index (χ1v) is 6.88. The fraction of sp³-hybridized carbons (Fsp3) is 0.929. The summed E-state index contributed by atoms with van der Waals surface area (Å²) >= 11 is 0. The molecule has 0 bridgehead atoms. The van der Waals surface area contributed by atoms with Gasteiger partial charge in [-0.25, -0.2) is 0 Å². The van der Waals surface area contributed by atoms with Gasteiger partial charge in [0.1, 0.15) is 0 Å². The second kappa shape index (κ2) is 6.39. The summed E-state index contributed by atoms with van der Waals surface area (Å²) in [6.07, 6.45) is 5.78. The number of nitrogens with one attached hydrogen (secondary N) is 1. The van der Waals surface area contributed by atoms with Crippen molar-refractivity contribution in [2.45, 2.75) is 46.0 Å². The molecule has 1 aliphatic rings. The molecule has 0 aromatic carbocycles. The predicted octanol–water partition coefficient (Wildman–Crippen LogP) is 2.27.